The van der Waals surface area contributed by atoms with Gasteiger partial charge in [-0.25, -0.2) is 0 Å². The predicted molar refractivity (Wildman–Crippen MR) is 82.8 cm³/mol. The number of amides is 1. The largest absolute Gasteiger partial charge is 0.320 e. The first-order chi connectivity index (χ1) is 9.13. The predicted octanol–water partition coefficient (Wildman–Crippen LogP) is 2.35. The quantitative estimate of drug-likeness (QED) is 0.919. The third-order valence-electron chi connectivity index (χ3n) is 3.57. The van der Waals surface area contributed by atoms with E-state index in [9.17, 15) is 4.79 Å². The molecule has 0 saturated heterocycles. The summed E-state index contributed by atoms with van der Waals surface area (Å²) in [6, 6.07) is 5.93. The number of aryl methyl sites for hydroxylation is 2. The van der Waals surface area contributed by atoms with Crippen LogP contribution in [-0.4, -0.2) is 30.5 Å². The maximum Gasteiger partial charge on any atom is 0.243 e. The van der Waals surface area contributed by atoms with Crippen LogP contribution in [0.3, 0.4) is 0 Å². The normalized spacial score (nSPS) is 16.1. The van der Waals surface area contributed by atoms with Crippen molar-refractivity contribution in [1.82, 2.24) is 0 Å². The number of nitrogens with two attached hydrogens (primary N) is 1. The van der Waals surface area contributed by atoms with E-state index in [4.69, 9.17) is 5.73 Å². The van der Waals surface area contributed by atoms with E-state index in [-0.39, 0.29) is 11.9 Å². The molecule has 0 saturated carbocycles. The molecule has 1 aliphatic rings. The van der Waals surface area contributed by atoms with Gasteiger partial charge in [0.25, 0.3) is 0 Å². The second kappa shape index (κ2) is 6.44. The summed E-state index contributed by atoms with van der Waals surface area (Å²) in [6.45, 7) is 2.88. The van der Waals surface area contributed by atoms with E-state index in [1.54, 1.807) is 11.8 Å². The van der Waals surface area contributed by atoms with Crippen LogP contribution in [0.25, 0.3) is 0 Å². The molecule has 1 aliphatic heterocycles. The molecule has 0 aliphatic carbocycles. The number of rotatable bonds is 4. The zero-order chi connectivity index (χ0) is 13.8. The molecule has 104 valence electrons. The average molecular weight is 278 g/mol. The van der Waals surface area contributed by atoms with Crippen molar-refractivity contribution >= 4 is 23.4 Å². The lowest BCUT2D eigenvalue weighted by atomic mass is 9.98. The lowest BCUT2D eigenvalue weighted by molar-refractivity contribution is -0.119. The van der Waals surface area contributed by atoms with Crippen LogP contribution >= 0.6 is 11.8 Å². The van der Waals surface area contributed by atoms with Gasteiger partial charge < -0.3 is 10.6 Å². The summed E-state index contributed by atoms with van der Waals surface area (Å²) in [7, 11) is 0. The van der Waals surface area contributed by atoms with Gasteiger partial charge in [-0.2, -0.15) is 11.8 Å². The summed E-state index contributed by atoms with van der Waals surface area (Å²) in [4.78, 5) is 14.3. The van der Waals surface area contributed by atoms with E-state index in [2.05, 4.69) is 25.1 Å². The Kier molecular flexibility index (Phi) is 4.88. The third-order valence-corrected chi connectivity index (χ3v) is 4.21. The molecular formula is C15H22N2OS. The smallest absolute Gasteiger partial charge is 0.243 e. The number of fused-ring (bicyclic) bond motifs is 1. The molecule has 0 aromatic heterocycles. The number of nitrogens with zero attached hydrogens (tertiary/aromatic N) is 1. The average Bonchev–Trinajstić information content (AvgIpc) is 2.42. The molecule has 4 heteroatoms. The molecule has 3 nitrogen and oxygen atoms in total. The number of anilines is 1. The number of carbonyl (C=O) groups excluding carboxylic acids is 1. The van der Waals surface area contributed by atoms with Crippen LogP contribution in [-0.2, 0) is 11.2 Å². The highest BCUT2D eigenvalue weighted by molar-refractivity contribution is 7.98. The topological polar surface area (TPSA) is 46.3 Å². The van der Waals surface area contributed by atoms with Crippen molar-refractivity contribution in [3.8, 4) is 0 Å². The lowest BCUT2D eigenvalue weighted by Crippen LogP contribution is -2.46. The summed E-state index contributed by atoms with van der Waals surface area (Å²) in [5.41, 5.74) is 9.60. The Morgan fingerprint density at radius 2 is 2.32 bits per heavy atom. The molecule has 0 fully saturated rings. The van der Waals surface area contributed by atoms with E-state index in [1.807, 2.05) is 11.2 Å². The highest BCUT2D eigenvalue weighted by Crippen LogP contribution is 2.28. The van der Waals surface area contributed by atoms with Crippen LogP contribution in [0, 0.1) is 6.92 Å². The molecule has 2 N–H and O–H groups in total. The molecule has 2 rings (SSSR count). The fourth-order valence-corrected chi connectivity index (χ4v) is 3.01. The fourth-order valence-electron chi connectivity index (χ4n) is 2.52. The summed E-state index contributed by atoms with van der Waals surface area (Å²) in [5, 5.41) is 0. The minimum atomic E-state index is -0.375. The van der Waals surface area contributed by atoms with Gasteiger partial charge in [0.1, 0.15) is 0 Å². The number of benzene rings is 1. The molecule has 0 bridgehead atoms. The SMILES string of the molecule is CSCC[C@@H](N)C(=O)N1CCCc2cc(C)ccc21. The fraction of sp³-hybridized carbons (Fsp3) is 0.533. The summed E-state index contributed by atoms with van der Waals surface area (Å²) in [5.74, 6) is 1.00. The number of hydrogen-bond donors (Lipinski definition) is 1. The van der Waals surface area contributed by atoms with Crippen LogP contribution in [0.2, 0.25) is 0 Å². The maximum atomic E-state index is 12.4. The number of thioether (sulfide) groups is 1. The molecule has 0 unspecified atom stereocenters. The van der Waals surface area contributed by atoms with Crippen molar-refractivity contribution in [1.29, 1.82) is 0 Å². The van der Waals surface area contributed by atoms with Gasteiger partial charge in [-0.05, 0) is 49.8 Å². The minimum absolute atomic E-state index is 0.0684. The standard InChI is InChI=1S/C15H22N2OS/c1-11-5-6-14-12(10-11)4-3-8-17(14)15(18)13(16)7-9-19-2/h5-6,10,13H,3-4,7-9,16H2,1-2H3/t13-/m1/s1. The molecule has 1 aromatic rings. The van der Waals surface area contributed by atoms with Crippen molar-refractivity contribution in [2.24, 2.45) is 5.73 Å². The van der Waals surface area contributed by atoms with Crippen LogP contribution < -0.4 is 10.6 Å². The third kappa shape index (κ3) is 3.31. The van der Waals surface area contributed by atoms with Crippen molar-refractivity contribution < 1.29 is 4.79 Å². The second-order valence-corrected chi connectivity index (χ2v) is 6.10. The minimum Gasteiger partial charge on any atom is -0.320 e. The van der Waals surface area contributed by atoms with E-state index in [1.165, 1.54) is 11.1 Å². The highest BCUT2D eigenvalue weighted by Gasteiger charge is 2.26. The van der Waals surface area contributed by atoms with E-state index >= 15 is 0 Å². The molecule has 0 radical (unpaired) electrons. The van der Waals surface area contributed by atoms with Gasteiger partial charge in [0.2, 0.25) is 5.91 Å². The number of carbonyl (C=O) groups is 1. The van der Waals surface area contributed by atoms with Gasteiger partial charge in [0, 0.05) is 12.2 Å². The van der Waals surface area contributed by atoms with Crippen molar-refractivity contribution in [3.05, 3.63) is 29.3 Å². The first-order valence-electron chi connectivity index (χ1n) is 6.79. The van der Waals surface area contributed by atoms with Gasteiger partial charge in [-0.1, -0.05) is 17.7 Å². The molecule has 19 heavy (non-hydrogen) atoms. The summed E-state index contributed by atoms with van der Waals surface area (Å²) >= 11 is 1.73. The maximum absolute atomic E-state index is 12.4. The summed E-state index contributed by atoms with van der Waals surface area (Å²) in [6.07, 6.45) is 4.87. The van der Waals surface area contributed by atoms with Crippen LogP contribution in [0.4, 0.5) is 5.69 Å². The first kappa shape index (κ1) is 14.4. The molecule has 1 aromatic carbocycles. The zero-order valence-electron chi connectivity index (χ0n) is 11.7. The monoisotopic (exact) mass is 278 g/mol. The Morgan fingerprint density at radius 1 is 1.53 bits per heavy atom. The van der Waals surface area contributed by atoms with E-state index in [0.29, 0.717) is 0 Å². The molecule has 1 heterocycles. The lowest BCUT2D eigenvalue weighted by Gasteiger charge is -2.31. The van der Waals surface area contributed by atoms with Crippen molar-refractivity contribution in [2.75, 3.05) is 23.5 Å². The van der Waals surface area contributed by atoms with Crippen molar-refractivity contribution in [3.63, 3.8) is 0 Å². The van der Waals surface area contributed by atoms with Crippen LogP contribution in [0.1, 0.15) is 24.0 Å². The van der Waals surface area contributed by atoms with Gasteiger partial charge in [-0.3, -0.25) is 4.79 Å². The van der Waals surface area contributed by atoms with Gasteiger partial charge in [0.05, 0.1) is 6.04 Å². The van der Waals surface area contributed by atoms with Gasteiger partial charge >= 0.3 is 0 Å². The molecule has 0 spiro atoms. The molecular weight excluding hydrogens is 256 g/mol. The van der Waals surface area contributed by atoms with E-state index < -0.39 is 0 Å². The first-order valence-corrected chi connectivity index (χ1v) is 8.18. The molecule has 1 amide bonds. The Bertz CT molecular complexity index is 461. The van der Waals surface area contributed by atoms with Crippen LogP contribution in [0.5, 0.6) is 0 Å². The Balaban J connectivity index is 2.16. The van der Waals surface area contributed by atoms with E-state index in [0.717, 1.165) is 37.2 Å². The number of hydrogen-bond acceptors (Lipinski definition) is 3. The summed E-state index contributed by atoms with van der Waals surface area (Å²) < 4.78 is 0. The van der Waals surface area contributed by atoms with Crippen LogP contribution in [0.15, 0.2) is 18.2 Å². The Labute approximate surface area is 119 Å². The van der Waals surface area contributed by atoms with Gasteiger partial charge in [0.15, 0.2) is 0 Å². The second-order valence-electron chi connectivity index (χ2n) is 5.11. The Morgan fingerprint density at radius 3 is 3.05 bits per heavy atom. The Hall–Kier alpha value is -1.00. The highest BCUT2D eigenvalue weighted by atomic mass is 32.2. The molecule has 1 atom stereocenters. The van der Waals surface area contributed by atoms with Gasteiger partial charge in [-0.15, -0.1) is 0 Å². The zero-order valence-corrected chi connectivity index (χ0v) is 12.5. The van der Waals surface area contributed by atoms with Crippen molar-refractivity contribution in [2.45, 2.75) is 32.2 Å².